The maximum absolute atomic E-state index is 14.5. The number of carbonyl (C=O) groups excluding carboxylic acids is 5. The van der Waals surface area contributed by atoms with Gasteiger partial charge in [-0.2, -0.15) is 18.4 Å². The van der Waals surface area contributed by atoms with E-state index in [-0.39, 0.29) is 52.3 Å². The fourth-order valence-corrected chi connectivity index (χ4v) is 7.95. The van der Waals surface area contributed by atoms with Gasteiger partial charge in [-0.1, -0.05) is 31.4 Å². The molecular formula is C41H53ClFN8O15PS. The Morgan fingerprint density at radius 1 is 1.03 bits per heavy atom. The van der Waals surface area contributed by atoms with E-state index in [1.165, 1.54) is 70.3 Å². The molecule has 23 nitrogen and oxygen atoms in total. The number of carboxylic acid groups (broad SMARTS) is 1. The number of carbonyl (C=O) groups is 6. The van der Waals surface area contributed by atoms with Crippen LogP contribution in [0.5, 0.6) is 17.5 Å². The molecule has 0 saturated heterocycles. The number of halogens is 2. The van der Waals surface area contributed by atoms with Gasteiger partial charge in [-0.15, -0.1) is 0 Å². The van der Waals surface area contributed by atoms with Crippen LogP contribution in [0.15, 0.2) is 52.7 Å². The molecule has 372 valence electrons. The number of methoxy groups -OCH3 is 2. The number of hydrogen-bond donors (Lipinski definition) is 5. The molecule has 1 aromatic carbocycles. The van der Waals surface area contributed by atoms with Crippen LogP contribution in [0.25, 0.3) is 0 Å². The number of aliphatic carboxylic acids is 1. The standard InChI is InChI=1S/C21H23ClFNO5.C15H18N6O6S.C5H12NO4P/c1-2-3-6-9-28-19(25)12-29-18-11-17(16(23)10-15(18)22)24-20(26)13-7-4-5-8-14(13)21(24)27;1-21(2)13(22)9-6-5-7-16-12(9)28(24,25)20-15(23)19-14-17-10(26-3)8-11(18-14)27-4;1-11(9,10)3-2-4(6)5(7)8/h10-11H,2-9,12H2,1H3;5-8H,1-4H3,(H2,17,18,19,20,23);4H,2-3,6H2,1H3,(H,7,8)(H,9,10). The Labute approximate surface area is 396 Å². The summed E-state index contributed by atoms with van der Waals surface area (Å²) in [5, 5.41) is 9.78. The number of unbranched alkanes of at least 4 members (excludes halogenated alkanes) is 2. The van der Waals surface area contributed by atoms with E-state index >= 15 is 0 Å². The lowest BCUT2D eigenvalue weighted by atomic mass is 9.93. The number of benzene rings is 1. The van der Waals surface area contributed by atoms with Crippen molar-refractivity contribution in [3.63, 3.8) is 0 Å². The van der Waals surface area contributed by atoms with E-state index in [0.717, 1.165) is 43.1 Å². The molecule has 0 spiro atoms. The Bertz CT molecular complexity index is 2490. The Morgan fingerprint density at radius 2 is 1.63 bits per heavy atom. The first kappa shape index (κ1) is 56.1. The number of amides is 5. The number of nitrogens with zero attached hydrogens (tertiary/aromatic N) is 5. The second-order valence-corrected chi connectivity index (χ2v) is 19.5. The highest BCUT2D eigenvalue weighted by molar-refractivity contribution is 7.90. The number of ether oxygens (including phenoxy) is 4. The van der Waals surface area contributed by atoms with E-state index in [4.69, 9.17) is 46.3 Å². The van der Waals surface area contributed by atoms with Crippen LogP contribution in [0.2, 0.25) is 5.02 Å². The molecule has 0 fully saturated rings. The lowest BCUT2D eigenvalue weighted by molar-refractivity contribution is -0.146. The highest BCUT2D eigenvalue weighted by atomic mass is 35.5. The van der Waals surface area contributed by atoms with Crippen LogP contribution in [-0.2, 0) is 38.5 Å². The number of nitrogens with two attached hydrogens (primary N) is 1. The van der Waals surface area contributed by atoms with E-state index < -0.39 is 76.6 Å². The summed E-state index contributed by atoms with van der Waals surface area (Å²) >= 11 is 6.02. The normalized spacial score (nSPS) is 14.4. The Hall–Kier alpha value is -6.27. The molecule has 5 rings (SSSR count). The fraction of sp³-hybridized carbons (Fsp3) is 0.439. The van der Waals surface area contributed by atoms with Crippen molar-refractivity contribution in [2.45, 2.75) is 69.4 Å². The van der Waals surface area contributed by atoms with Crippen LogP contribution in [0.1, 0.15) is 68.6 Å². The van der Waals surface area contributed by atoms with Gasteiger partial charge in [0.25, 0.3) is 27.7 Å². The van der Waals surface area contributed by atoms with Gasteiger partial charge in [-0.05, 0) is 56.7 Å². The van der Waals surface area contributed by atoms with Crippen molar-refractivity contribution in [2.75, 3.05) is 64.6 Å². The summed E-state index contributed by atoms with van der Waals surface area (Å²) in [5.41, 5.74) is 5.58. The topological polar surface area (TPSA) is 326 Å². The summed E-state index contributed by atoms with van der Waals surface area (Å²) in [6.45, 7) is 3.11. The van der Waals surface area contributed by atoms with Gasteiger partial charge in [0.1, 0.15) is 17.6 Å². The fourth-order valence-electron chi connectivity index (χ4n) is 5.95. The van der Waals surface area contributed by atoms with Crippen molar-refractivity contribution in [3.8, 4) is 17.5 Å². The first-order valence-electron chi connectivity index (χ1n) is 20.6. The van der Waals surface area contributed by atoms with E-state index in [2.05, 4.69) is 20.3 Å². The Morgan fingerprint density at radius 3 is 2.16 bits per heavy atom. The van der Waals surface area contributed by atoms with Gasteiger partial charge in [-0.25, -0.2) is 28.6 Å². The molecule has 2 aromatic heterocycles. The van der Waals surface area contributed by atoms with Crippen molar-refractivity contribution in [2.24, 2.45) is 5.73 Å². The van der Waals surface area contributed by atoms with Crippen molar-refractivity contribution in [3.05, 3.63) is 64.1 Å². The molecule has 3 heterocycles. The maximum Gasteiger partial charge on any atom is 0.344 e. The number of rotatable bonds is 18. The molecule has 68 heavy (non-hydrogen) atoms. The minimum absolute atomic E-state index is 0.000883. The number of carboxylic acids is 1. The van der Waals surface area contributed by atoms with E-state index in [1.807, 2.05) is 6.92 Å². The lowest BCUT2D eigenvalue weighted by Crippen LogP contribution is -2.36. The third kappa shape index (κ3) is 16.5. The smallest absolute Gasteiger partial charge is 0.344 e. The predicted molar refractivity (Wildman–Crippen MR) is 243 cm³/mol. The molecule has 6 N–H and O–H groups in total. The molecule has 0 saturated carbocycles. The van der Waals surface area contributed by atoms with Crippen LogP contribution < -0.4 is 34.9 Å². The summed E-state index contributed by atoms with van der Waals surface area (Å²) in [6, 6.07) is 4.02. The van der Waals surface area contributed by atoms with Gasteiger partial charge in [0.15, 0.2) is 19.0 Å². The van der Waals surface area contributed by atoms with E-state index in [9.17, 15) is 46.1 Å². The average molecular weight is 1020 g/mol. The van der Waals surface area contributed by atoms with Crippen LogP contribution in [0, 0.1) is 5.82 Å². The quantitative estimate of drug-likeness (QED) is 0.0518. The third-order valence-corrected chi connectivity index (χ3v) is 12.0. The molecule has 0 radical (unpaired) electrons. The first-order valence-corrected chi connectivity index (χ1v) is 24.7. The monoisotopic (exact) mass is 1010 g/mol. The summed E-state index contributed by atoms with van der Waals surface area (Å²) < 4.78 is 72.3. The maximum atomic E-state index is 14.5. The molecular weight excluding hydrogens is 962 g/mol. The van der Waals surface area contributed by atoms with Gasteiger partial charge in [-0.3, -0.25) is 29.1 Å². The van der Waals surface area contributed by atoms with Gasteiger partial charge in [0.2, 0.25) is 17.7 Å². The van der Waals surface area contributed by atoms with Crippen molar-refractivity contribution in [1.82, 2.24) is 24.6 Å². The zero-order valence-electron chi connectivity index (χ0n) is 37.9. The number of anilines is 2. The zero-order chi connectivity index (χ0) is 50.9. The Kier molecular flexibility index (Phi) is 21.2. The van der Waals surface area contributed by atoms with Gasteiger partial charge >= 0.3 is 18.0 Å². The van der Waals surface area contributed by atoms with Crippen LogP contribution in [0.3, 0.4) is 0 Å². The summed E-state index contributed by atoms with van der Waals surface area (Å²) in [7, 11) is -1.95. The summed E-state index contributed by atoms with van der Waals surface area (Å²) in [6.07, 6.45) is 6.59. The van der Waals surface area contributed by atoms with Crippen molar-refractivity contribution in [1.29, 1.82) is 0 Å². The van der Waals surface area contributed by atoms with E-state index in [0.29, 0.717) is 30.6 Å². The molecule has 27 heteroatoms. The number of esters is 1. The van der Waals surface area contributed by atoms with Gasteiger partial charge in [0, 0.05) is 50.3 Å². The molecule has 0 bridgehead atoms. The number of pyridine rings is 1. The minimum atomic E-state index is -4.46. The summed E-state index contributed by atoms with van der Waals surface area (Å²) in [4.78, 5) is 93.7. The van der Waals surface area contributed by atoms with E-state index in [1.54, 1.807) is 4.72 Å². The molecule has 2 atom stereocenters. The highest BCUT2D eigenvalue weighted by Crippen LogP contribution is 2.40. The zero-order valence-corrected chi connectivity index (χ0v) is 40.4. The molecule has 2 aliphatic rings. The number of sulfonamides is 1. The SMILES string of the molecule is CCCCCOC(=O)COc1cc(N2C(=O)C3=C(CCCC3)C2=O)c(F)cc1Cl.COc1cc(OC)nc(NC(=O)NS(=O)(=O)c2ncccc2C(=O)N(C)C)n1.CP(=O)(O)CCC(N)C(=O)O. The predicted octanol–water partition coefficient (Wildman–Crippen LogP) is 4.12. The number of aromatic nitrogens is 3. The molecule has 1 aliphatic carbocycles. The molecule has 1 aliphatic heterocycles. The number of nitrogens with one attached hydrogen (secondary N) is 2. The van der Waals surface area contributed by atoms with Crippen molar-refractivity contribution < 1.29 is 75.1 Å². The number of hydrogen-bond acceptors (Lipinski definition) is 17. The lowest BCUT2D eigenvalue weighted by Gasteiger charge is -2.18. The molecule has 3 aromatic rings. The van der Waals surface area contributed by atoms with Gasteiger partial charge in [0.05, 0.1) is 43.2 Å². The Balaban J connectivity index is 0.000000297. The van der Waals surface area contributed by atoms with Crippen LogP contribution >= 0.6 is 19.0 Å². The average Bonchev–Trinajstić information content (AvgIpc) is 3.54. The second kappa shape index (κ2) is 25.7. The number of urea groups is 1. The summed E-state index contributed by atoms with van der Waals surface area (Å²) in [5.74, 6) is -4.21. The third-order valence-electron chi connectivity index (χ3n) is 9.37. The van der Waals surface area contributed by atoms with Crippen LogP contribution in [-0.4, -0.2) is 134 Å². The van der Waals surface area contributed by atoms with Crippen LogP contribution in [0.4, 0.5) is 20.8 Å². The number of imide groups is 1. The first-order chi connectivity index (χ1) is 31.9. The molecule has 2 unspecified atom stereocenters. The minimum Gasteiger partial charge on any atom is -0.481 e. The highest BCUT2D eigenvalue weighted by Gasteiger charge is 2.41. The van der Waals surface area contributed by atoms with Crippen molar-refractivity contribution >= 4 is 76.3 Å². The molecule has 5 amide bonds. The van der Waals surface area contributed by atoms with Gasteiger partial charge < -0.3 is 39.6 Å². The second-order valence-electron chi connectivity index (χ2n) is 15.0. The largest absolute Gasteiger partial charge is 0.481 e.